The van der Waals surface area contributed by atoms with E-state index in [4.69, 9.17) is 4.98 Å². The van der Waals surface area contributed by atoms with Crippen molar-refractivity contribution in [1.29, 1.82) is 0 Å². The van der Waals surface area contributed by atoms with Gasteiger partial charge in [-0.25, -0.2) is 4.79 Å². The molecular formula is C22H24N2O3. The molecule has 2 aromatic rings. The lowest BCUT2D eigenvalue weighted by molar-refractivity contribution is -0.141. The normalized spacial score (nSPS) is 27.6. The summed E-state index contributed by atoms with van der Waals surface area (Å²) >= 11 is 0. The first-order valence-corrected chi connectivity index (χ1v) is 10.1. The Morgan fingerprint density at radius 1 is 1.07 bits per heavy atom. The zero-order valence-corrected chi connectivity index (χ0v) is 15.3. The quantitative estimate of drug-likeness (QED) is 0.895. The molecule has 3 unspecified atom stereocenters. The molecule has 140 valence electrons. The van der Waals surface area contributed by atoms with Crippen molar-refractivity contribution in [3.8, 4) is 0 Å². The van der Waals surface area contributed by atoms with Crippen molar-refractivity contribution in [2.45, 2.75) is 62.9 Å². The highest BCUT2D eigenvalue weighted by atomic mass is 16.4. The molecule has 1 N–H and O–H groups in total. The smallest absolute Gasteiger partial charge is 0.326 e. The number of carboxylic acid groups (broad SMARTS) is 1. The third-order valence-electron chi connectivity index (χ3n) is 6.57. The van der Waals surface area contributed by atoms with Crippen LogP contribution in [0.1, 0.15) is 66.9 Å². The molecule has 0 spiro atoms. The van der Waals surface area contributed by atoms with Gasteiger partial charge in [-0.1, -0.05) is 31.0 Å². The fourth-order valence-electron chi connectivity index (χ4n) is 5.07. The Bertz CT molecular complexity index is 921. The number of hydrogen-bond acceptors (Lipinski definition) is 3. The molecule has 1 saturated heterocycles. The SMILES string of the molecule is O=C(O)C1CC2CCCCC2N1C(=O)c1cc(C2CC2)nc2ccccc12. The van der Waals surface area contributed by atoms with Crippen LogP contribution < -0.4 is 0 Å². The van der Waals surface area contributed by atoms with E-state index in [0.29, 0.717) is 23.8 Å². The summed E-state index contributed by atoms with van der Waals surface area (Å²) in [6.45, 7) is 0. The minimum absolute atomic E-state index is 0.0589. The van der Waals surface area contributed by atoms with Crippen LogP contribution in [0.4, 0.5) is 0 Å². The number of amides is 1. The highest BCUT2D eigenvalue weighted by Gasteiger charge is 2.48. The van der Waals surface area contributed by atoms with E-state index in [1.165, 1.54) is 0 Å². The van der Waals surface area contributed by atoms with Crippen molar-refractivity contribution in [2.75, 3.05) is 0 Å². The molecule has 3 aliphatic rings. The van der Waals surface area contributed by atoms with Gasteiger partial charge in [-0.2, -0.15) is 0 Å². The lowest BCUT2D eigenvalue weighted by atomic mass is 9.84. The molecule has 2 heterocycles. The number of nitrogens with zero attached hydrogens (tertiary/aromatic N) is 2. The number of benzene rings is 1. The van der Waals surface area contributed by atoms with Gasteiger partial charge in [0.15, 0.2) is 0 Å². The van der Waals surface area contributed by atoms with Crippen LogP contribution in [-0.2, 0) is 4.79 Å². The van der Waals surface area contributed by atoms with Gasteiger partial charge in [-0.3, -0.25) is 9.78 Å². The molecule has 2 aliphatic carbocycles. The van der Waals surface area contributed by atoms with Gasteiger partial charge in [0.1, 0.15) is 6.04 Å². The highest BCUT2D eigenvalue weighted by molar-refractivity contribution is 6.07. The Morgan fingerprint density at radius 3 is 2.63 bits per heavy atom. The summed E-state index contributed by atoms with van der Waals surface area (Å²) in [7, 11) is 0. The number of para-hydroxylation sites is 1. The highest BCUT2D eigenvalue weighted by Crippen LogP contribution is 2.43. The van der Waals surface area contributed by atoms with Crippen molar-refractivity contribution in [2.24, 2.45) is 5.92 Å². The molecule has 0 radical (unpaired) electrons. The van der Waals surface area contributed by atoms with Crippen LogP contribution >= 0.6 is 0 Å². The molecular weight excluding hydrogens is 340 g/mol. The molecule has 27 heavy (non-hydrogen) atoms. The number of aliphatic carboxylic acids is 1. The minimum Gasteiger partial charge on any atom is -0.480 e. The van der Waals surface area contributed by atoms with Gasteiger partial charge in [-0.05, 0) is 50.2 Å². The third-order valence-corrected chi connectivity index (χ3v) is 6.57. The van der Waals surface area contributed by atoms with E-state index in [9.17, 15) is 14.7 Å². The molecule has 5 nitrogen and oxygen atoms in total. The second-order valence-electron chi connectivity index (χ2n) is 8.30. The topological polar surface area (TPSA) is 70.5 Å². The summed E-state index contributed by atoms with van der Waals surface area (Å²) in [5.74, 6) is -0.243. The molecule has 1 aromatic heterocycles. The fraction of sp³-hybridized carbons (Fsp3) is 0.500. The maximum Gasteiger partial charge on any atom is 0.326 e. The Hall–Kier alpha value is -2.43. The predicted molar refractivity (Wildman–Crippen MR) is 102 cm³/mol. The molecule has 1 amide bonds. The van der Waals surface area contributed by atoms with E-state index < -0.39 is 12.0 Å². The van der Waals surface area contributed by atoms with Gasteiger partial charge in [0.2, 0.25) is 0 Å². The summed E-state index contributed by atoms with van der Waals surface area (Å²) in [5, 5.41) is 10.6. The van der Waals surface area contributed by atoms with Gasteiger partial charge in [0.25, 0.3) is 5.91 Å². The van der Waals surface area contributed by atoms with E-state index in [1.54, 1.807) is 4.90 Å². The number of hydrogen-bond donors (Lipinski definition) is 1. The lowest BCUT2D eigenvalue weighted by Crippen LogP contribution is -2.46. The number of likely N-dealkylation sites (tertiary alicyclic amines) is 1. The first-order chi connectivity index (χ1) is 13.1. The van der Waals surface area contributed by atoms with Crippen LogP contribution in [0, 0.1) is 5.92 Å². The van der Waals surface area contributed by atoms with Crippen LogP contribution in [0.2, 0.25) is 0 Å². The van der Waals surface area contributed by atoms with E-state index in [2.05, 4.69) is 0 Å². The maximum atomic E-state index is 13.7. The van der Waals surface area contributed by atoms with Crippen LogP contribution in [0.3, 0.4) is 0 Å². The molecule has 0 bridgehead atoms. The van der Waals surface area contributed by atoms with Crippen molar-refractivity contribution in [1.82, 2.24) is 9.88 Å². The number of fused-ring (bicyclic) bond motifs is 2. The number of carbonyl (C=O) groups is 2. The molecule has 2 saturated carbocycles. The molecule has 3 fully saturated rings. The van der Waals surface area contributed by atoms with E-state index in [1.807, 2.05) is 30.3 Å². The summed E-state index contributed by atoms with van der Waals surface area (Å²) in [6, 6.07) is 9.01. The van der Waals surface area contributed by atoms with Crippen molar-refractivity contribution < 1.29 is 14.7 Å². The number of rotatable bonds is 3. The van der Waals surface area contributed by atoms with E-state index in [-0.39, 0.29) is 11.9 Å². The van der Waals surface area contributed by atoms with Crippen LogP contribution in [0.15, 0.2) is 30.3 Å². The Kier molecular flexibility index (Phi) is 3.92. The number of carbonyl (C=O) groups excluding carboxylic acids is 1. The summed E-state index contributed by atoms with van der Waals surface area (Å²) in [6.07, 6.45) is 6.98. The second-order valence-corrected chi connectivity index (χ2v) is 8.30. The molecule has 1 aliphatic heterocycles. The number of aromatic nitrogens is 1. The Labute approximate surface area is 158 Å². The standard InChI is InChI=1S/C22H24N2O3/c25-21(24-19-8-4-1-5-14(19)11-20(24)22(26)27)16-12-18(13-9-10-13)23-17-7-3-2-6-15(16)17/h2-3,6-7,12-14,19-20H,1,4-5,8-11H2,(H,26,27). The van der Waals surface area contributed by atoms with Crippen LogP contribution in [-0.4, -0.2) is 39.0 Å². The fourth-order valence-corrected chi connectivity index (χ4v) is 5.07. The average molecular weight is 364 g/mol. The van der Waals surface area contributed by atoms with E-state index in [0.717, 1.165) is 55.1 Å². The Balaban J connectivity index is 1.60. The summed E-state index contributed by atoms with van der Waals surface area (Å²) in [4.78, 5) is 32.0. The Morgan fingerprint density at radius 2 is 1.85 bits per heavy atom. The molecule has 5 rings (SSSR count). The van der Waals surface area contributed by atoms with E-state index >= 15 is 0 Å². The third kappa shape index (κ3) is 2.80. The van der Waals surface area contributed by atoms with Crippen molar-refractivity contribution in [3.05, 3.63) is 41.6 Å². The van der Waals surface area contributed by atoms with Gasteiger partial charge >= 0.3 is 5.97 Å². The van der Waals surface area contributed by atoms with Crippen LogP contribution in [0.5, 0.6) is 0 Å². The van der Waals surface area contributed by atoms with Gasteiger partial charge < -0.3 is 10.0 Å². The van der Waals surface area contributed by atoms with Gasteiger partial charge in [0.05, 0.1) is 11.1 Å². The second kappa shape index (κ2) is 6.32. The largest absolute Gasteiger partial charge is 0.480 e. The first-order valence-electron chi connectivity index (χ1n) is 10.1. The maximum absolute atomic E-state index is 13.7. The average Bonchev–Trinajstić information content (AvgIpc) is 3.46. The molecule has 3 atom stereocenters. The summed E-state index contributed by atoms with van der Waals surface area (Å²) in [5.41, 5.74) is 2.43. The van der Waals surface area contributed by atoms with Gasteiger partial charge in [0, 0.05) is 23.0 Å². The number of carboxylic acids is 1. The minimum atomic E-state index is -0.876. The predicted octanol–water partition coefficient (Wildman–Crippen LogP) is 3.97. The molecule has 1 aromatic carbocycles. The first kappa shape index (κ1) is 16.7. The summed E-state index contributed by atoms with van der Waals surface area (Å²) < 4.78 is 0. The lowest BCUT2D eigenvalue weighted by Gasteiger charge is -2.33. The monoisotopic (exact) mass is 364 g/mol. The van der Waals surface area contributed by atoms with Crippen molar-refractivity contribution >= 4 is 22.8 Å². The van der Waals surface area contributed by atoms with Crippen molar-refractivity contribution in [3.63, 3.8) is 0 Å². The zero-order chi connectivity index (χ0) is 18.5. The number of pyridine rings is 1. The molecule has 5 heteroatoms. The van der Waals surface area contributed by atoms with Gasteiger partial charge in [-0.15, -0.1) is 0 Å². The van der Waals surface area contributed by atoms with Crippen LogP contribution in [0.25, 0.3) is 10.9 Å². The zero-order valence-electron chi connectivity index (χ0n) is 15.3.